The third kappa shape index (κ3) is 5.02. The number of rotatable bonds is 7. The van der Waals surface area contributed by atoms with E-state index in [1.807, 2.05) is 0 Å². The standard InChI is InChI=1S/C20H22N8O6S4/c1-36(29,30)26-20-23-17-13(3-2-4-14(17)35-20)12-5-6-15(37(31,32)11-7-9-22-10-8-11)18(38(21,33)34)16(12)19-24-27-28-25-19/h2-6,11,22H,7-10H2,1H3,(H,23,26)(H2,21,33,34)(H,24,25,27,28). The molecule has 0 bridgehead atoms. The van der Waals surface area contributed by atoms with Gasteiger partial charge in [-0.3, -0.25) is 4.72 Å². The summed E-state index contributed by atoms with van der Waals surface area (Å²) in [5.74, 6) is -0.187. The van der Waals surface area contributed by atoms with Crippen LogP contribution in [0, 0.1) is 0 Å². The summed E-state index contributed by atoms with van der Waals surface area (Å²) in [6.07, 6.45) is 1.61. The minimum atomic E-state index is -4.64. The molecule has 18 heteroatoms. The average molecular weight is 599 g/mol. The van der Waals surface area contributed by atoms with Crippen molar-refractivity contribution in [2.45, 2.75) is 27.9 Å². The summed E-state index contributed by atoms with van der Waals surface area (Å²) in [4.78, 5) is 3.31. The second kappa shape index (κ2) is 9.62. The first-order valence-corrected chi connectivity index (χ1v) is 16.9. The Morgan fingerprint density at radius 3 is 2.39 bits per heavy atom. The Morgan fingerprint density at radius 1 is 1.03 bits per heavy atom. The molecular formula is C20H22N8O6S4. The molecule has 38 heavy (non-hydrogen) atoms. The highest BCUT2D eigenvalue weighted by Crippen LogP contribution is 2.43. The van der Waals surface area contributed by atoms with E-state index in [4.69, 9.17) is 5.14 Å². The summed E-state index contributed by atoms with van der Waals surface area (Å²) < 4.78 is 79.9. The van der Waals surface area contributed by atoms with E-state index in [0.717, 1.165) is 17.6 Å². The second-order valence-corrected chi connectivity index (χ2v) is 15.1. The molecule has 0 amide bonds. The molecule has 3 heterocycles. The first-order chi connectivity index (χ1) is 17.9. The number of aromatic nitrogens is 5. The van der Waals surface area contributed by atoms with Gasteiger partial charge in [0.05, 0.1) is 32.2 Å². The highest BCUT2D eigenvalue weighted by Gasteiger charge is 2.37. The number of aromatic amines is 1. The fraction of sp³-hybridized carbons (Fsp3) is 0.300. The maximum atomic E-state index is 13.7. The van der Waals surface area contributed by atoms with Crippen LogP contribution in [-0.2, 0) is 29.9 Å². The number of hydrogen-bond acceptors (Lipinski definition) is 12. The number of hydrogen-bond donors (Lipinski definition) is 4. The van der Waals surface area contributed by atoms with Gasteiger partial charge in [0.25, 0.3) is 0 Å². The number of para-hydroxylation sites is 1. The zero-order valence-corrected chi connectivity index (χ0v) is 23.0. The fourth-order valence-electron chi connectivity index (χ4n) is 4.44. The van der Waals surface area contributed by atoms with Gasteiger partial charge >= 0.3 is 0 Å². The number of sulfonamides is 2. The van der Waals surface area contributed by atoms with Crippen molar-refractivity contribution >= 4 is 56.6 Å². The maximum absolute atomic E-state index is 13.7. The van der Waals surface area contributed by atoms with Crippen LogP contribution in [0.5, 0.6) is 0 Å². The summed E-state index contributed by atoms with van der Waals surface area (Å²) >= 11 is 1.08. The molecule has 0 unspecified atom stereocenters. The number of piperidine rings is 1. The van der Waals surface area contributed by atoms with Gasteiger partial charge in [-0.25, -0.2) is 35.4 Å². The predicted octanol–water partition coefficient (Wildman–Crippen LogP) is 0.688. The second-order valence-electron chi connectivity index (χ2n) is 8.64. The average Bonchev–Trinajstić information content (AvgIpc) is 3.51. The SMILES string of the molecule is CS(=O)(=O)Nc1nc2c(-c3ccc(S(=O)(=O)C4CCNCC4)c(S(N)(=O)=O)c3-c3nn[nH]n3)cccc2s1. The van der Waals surface area contributed by atoms with Crippen molar-refractivity contribution in [3.63, 3.8) is 0 Å². The molecule has 1 fully saturated rings. The maximum Gasteiger partial charge on any atom is 0.240 e. The lowest BCUT2D eigenvalue weighted by Crippen LogP contribution is -2.36. The van der Waals surface area contributed by atoms with Gasteiger partial charge in [-0.15, -0.1) is 10.2 Å². The molecule has 14 nitrogen and oxygen atoms in total. The van der Waals surface area contributed by atoms with E-state index in [9.17, 15) is 25.3 Å². The van der Waals surface area contributed by atoms with Crippen molar-refractivity contribution in [2.75, 3.05) is 24.1 Å². The first-order valence-electron chi connectivity index (χ1n) is 11.1. The topological polar surface area (TPSA) is 220 Å². The molecule has 2 aromatic carbocycles. The Kier molecular flexibility index (Phi) is 6.72. The van der Waals surface area contributed by atoms with E-state index in [1.165, 1.54) is 12.1 Å². The number of anilines is 1. The number of tetrazole rings is 1. The van der Waals surface area contributed by atoms with Crippen molar-refractivity contribution < 1.29 is 25.3 Å². The largest absolute Gasteiger partial charge is 0.317 e. The summed E-state index contributed by atoms with van der Waals surface area (Å²) in [6, 6.07) is 7.70. The molecule has 0 aliphatic carbocycles. The van der Waals surface area contributed by atoms with E-state index in [0.29, 0.717) is 41.7 Å². The van der Waals surface area contributed by atoms with Gasteiger partial charge in [-0.2, -0.15) is 5.21 Å². The zero-order valence-electron chi connectivity index (χ0n) is 19.7. The lowest BCUT2D eigenvalue weighted by Gasteiger charge is -2.24. The molecule has 5 N–H and O–H groups in total. The zero-order chi connectivity index (χ0) is 27.3. The number of nitrogens with two attached hydrogens (primary N) is 1. The van der Waals surface area contributed by atoms with Crippen molar-refractivity contribution in [1.29, 1.82) is 0 Å². The fourth-order valence-corrected chi connectivity index (χ4v) is 9.53. The molecular weight excluding hydrogens is 577 g/mol. The normalized spacial score (nSPS) is 15.6. The van der Waals surface area contributed by atoms with Crippen molar-refractivity contribution in [1.82, 2.24) is 30.9 Å². The number of nitrogens with one attached hydrogen (secondary N) is 3. The third-order valence-corrected chi connectivity index (χ3v) is 11.0. The monoisotopic (exact) mass is 598 g/mol. The molecule has 0 spiro atoms. The summed E-state index contributed by atoms with van der Waals surface area (Å²) in [7, 11) is -12.4. The Morgan fingerprint density at radius 2 is 1.76 bits per heavy atom. The number of primary sulfonamides is 1. The number of sulfone groups is 1. The summed E-state index contributed by atoms with van der Waals surface area (Å²) in [5.41, 5.74) is 0.800. The molecule has 1 aliphatic rings. The van der Waals surface area contributed by atoms with Crippen LogP contribution in [-0.4, -0.2) is 75.5 Å². The minimum Gasteiger partial charge on any atom is -0.317 e. The number of nitrogens with zero attached hydrogens (tertiary/aromatic N) is 4. The van der Waals surface area contributed by atoms with Crippen LogP contribution >= 0.6 is 11.3 Å². The number of benzene rings is 2. The van der Waals surface area contributed by atoms with Gasteiger partial charge in [0.1, 0.15) is 4.90 Å². The van der Waals surface area contributed by atoms with E-state index in [-0.39, 0.29) is 22.1 Å². The Labute approximate surface area is 222 Å². The van der Waals surface area contributed by atoms with Gasteiger partial charge in [-0.1, -0.05) is 29.5 Å². The Bertz CT molecular complexity index is 1850. The van der Waals surface area contributed by atoms with Crippen molar-refractivity contribution in [2.24, 2.45) is 5.14 Å². The van der Waals surface area contributed by atoms with Gasteiger partial charge in [0, 0.05) is 5.56 Å². The lowest BCUT2D eigenvalue weighted by atomic mass is 9.98. The van der Waals surface area contributed by atoms with E-state index < -0.39 is 44.9 Å². The molecule has 0 saturated carbocycles. The molecule has 0 atom stereocenters. The smallest absolute Gasteiger partial charge is 0.240 e. The van der Waals surface area contributed by atoms with E-state index in [2.05, 4.69) is 35.6 Å². The quantitative estimate of drug-likeness (QED) is 0.232. The number of thiazole rings is 1. The molecule has 2 aromatic heterocycles. The van der Waals surface area contributed by atoms with Crippen LogP contribution in [0.2, 0.25) is 0 Å². The van der Waals surface area contributed by atoms with Crippen LogP contribution in [0.15, 0.2) is 40.1 Å². The Balaban J connectivity index is 1.82. The van der Waals surface area contributed by atoms with Crippen LogP contribution < -0.4 is 15.2 Å². The lowest BCUT2D eigenvalue weighted by molar-refractivity contribution is 0.495. The molecule has 0 radical (unpaired) electrons. The summed E-state index contributed by atoms with van der Waals surface area (Å²) in [5, 5.41) is 21.7. The van der Waals surface area contributed by atoms with Crippen molar-refractivity contribution in [3.8, 4) is 22.5 Å². The van der Waals surface area contributed by atoms with Crippen molar-refractivity contribution in [3.05, 3.63) is 30.3 Å². The van der Waals surface area contributed by atoms with Gasteiger partial charge in [0.2, 0.25) is 25.9 Å². The molecule has 1 aliphatic heterocycles. The van der Waals surface area contributed by atoms with Crippen LogP contribution in [0.1, 0.15) is 12.8 Å². The first kappa shape index (κ1) is 26.6. The summed E-state index contributed by atoms with van der Waals surface area (Å²) in [6.45, 7) is 0.945. The third-order valence-electron chi connectivity index (χ3n) is 5.99. The van der Waals surface area contributed by atoms with Gasteiger partial charge in [0.15, 0.2) is 15.0 Å². The highest BCUT2D eigenvalue weighted by molar-refractivity contribution is 7.94. The number of fused-ring (bicyclic) bond motifs is 1. The van der Waals surface area contributed by atoms with Gasteiger partial charge < -0.3 is 5.32 Å². The molecule has 5 rings (SSSR count). The molecule has 1 saturated heterocycles. The number of H-pyrrole nitrogens is 1. The molecule has 4 aromatic rings. The van der Waals surface area contributed by atoms with Crippen LogP contribution in [0.4, 0.5) is 5.13 Å². The van der Waals surface area contributed by atoms with Crippen LogP contribution in [0.25, 0.3) is 32.7 Å². The van der Waals surface area contributed by atoms with E-state index in [1.54, 1.807) is 18.2 Å². The minimum absolute atomic E-state index is 0.104. The highest BCUT2D eigenvalue weighted by atomic mass is 32.2. The Hall–Kier alpha value is -3.03. The van der Waals surface area contributed by atoms with Gasteiger partial charge in [-0.05, 0) is 48.8 Å². The molecule has 202 valence electrons. The van der Waals surface area contributed by atoms with E-state index >= 15 is 0 Å². The predicted molar refractivity (Wildman–Crippen MR) is 141 cm³/mol. The van der Waals surface area contributed by atoms with Crippen LogP contribution in [0.3, 0.4) is 0 Å².